The topological polar surface area (TPSA) is 55.1 Å². The van der Waals surface area contributed by atoms with Crippen LogP contribution in [0.1, 0.15) is 31.7 Å². The Labute approximate surface area is 126 Å². The van der Waals surface area contributed by atoms with Gasteiger partial charge in [0, 0.05) is 11.4 Å². The first-order valence-electron chi connectivity index (χ1n) is 7.33. The molecule has 2 unspecified atom stereocenters. The highest BCUT2D eigenvalue weighted by Crippen LogP contribution is 2.28. The lowest BCUT2D eigenvalue weighted by molar-refractivity contribution is -0.118. The lowest BCUT2D eigenvalue weighted by Crippen LogP contribution is -2.26. The van der Waals surface area contributed by atoms with Crippen molar-refractivity contribution in [1.29, 1.82) is 0 Å². The Morgan fingerprint density at radius 3 is 2.29 bits per heavy atom. The molecule has 0 radical (unpaired) electrons. The molecule has 0 spiro atoms. The van der Waals surface area contributed by atoms with Crippen LogP contribution in [0.2, 0.25) is 0 Å². The van der Waals surface area contributed by atoms with Crippen molar-refractivity contribution in [3.63, 3.8) is 0 Å². The van der Waals surface area contributed by atoms with Crippen LogP contribution >= 0.6 is 0 Å². The smallest absolute Gasteiger partial charge is 0.232 e. The Morgan fingerprint density at radius 2 is 1.71 bits per heavy atom. The maximum atomic E-state index is 12.7. The van der Waals surface area contributed by atoms with Crippen molar-refractivity contribution in [2.24, 2.45) is 5.92 Å². The molecular formula is C18H22N2O. The van der Waals surface area contributed by atoms with E-state index in [1.165, 1.54) is 0 Å². The maximum Gasteiger partial charge on any atom is 0.232 e. The molecule has 3 nitrogen and oxygen atoms in total. The molecular weight excluding hydrogens is 260 g/mol. The summed E-state index contributed by atoms with van der Waals surface area (Å²) < 4.78 is 0. The predicted molar refractivity (Wildman–Crippen MR) is 88.1 cm³/mol. The molecule has 0 aliphatic heterocycles. The van der Waals surface area contributed by atoms with Gasteiger partial charge in [-0.15, -0.1) is 0 Å². The summed E-state index contributed by atoms with van der Waals surface area (Å²) in [4.78, 5) is 12.7. The summed E-state index contributed by atoms with van der Waals surface area (Å²) in [5.74, 6) is 0.162. The first-order chi connectivity index (χ1) is 10.1. The fourth-order valence-electron chi connectivity index (χ4n) is 2.42. The zero-order valence-electron chi connectivity index (χ0n) is 12.5. The summed E-state index contributed by atoms with van der Waals surface area (Å²) in [6.07, 6.45) is 0.953. The van der Waals surface area contributed by atoms with Gasteiger partial charge in [-0.3, -0.25) is 4.79 Å². The van der Waals surface area contributed by atoms with Gasteiger partial charge in [0.15, 0.2) is 0 Å². The fourth-order valence-corrected chi connectivity index (χ4v) is 2.42. The third-order valence-electron chi connectivity index (χ3n) is 3.83. The van der Waals surface area contributed by atoms with Gasteiger partial charge in [-0.2, -0.15) is 0 Å². The van der Waals surface area contributed by atoms with Gasteiger partial charge in [-0.05, 0) is 35.7 Å². The van der Waals surface area contributed by atoms with Crippen LogP contribution in [-0.4, -0.2) is 5.91 Å². The number of nitrogens with one attached hydrogen (secondary N) is 1. The van der Waals surface area contributed by atoms with Gasteiger partial charge >= 0.3 is 0 Å². The minimum absolute atomic E-state index is 0.0281. The highest BCUT2D eigenvalue weighted by Gasteiger charge is 2.25. The van der Waals surface area contributed by atoms with Crippen LogP contribution in [0.15, 0.2) is 54.6 Å². The number of anilines is 2. The lowest BCUT2D eigenvalue weighted by Gasteiger charge is -2.22. The fraction of sp³-hybridized carbons (Fsp3) is 0.278. The molecule has 0 bridgehead atoms. The quantitative estimate of drug-likeness (QED) is 0.813. The first-order valence-corrected chi connectivity index (χ1v) is 7.33. The molecule has 1 amide bonds. The summed E-state index contributed by atoms with van der Waals surface area (Å²) in [5, 5.41) is 2.99. The van der Waals surface area contributed by atoms with Crippen molar-refractivity contribution in [1.82, 2.24) is 0 Å². The van der Waals surface area contributed by atoms with E-state index < -0.39 is 0 Å². The highest BCUT2D eigenvalue weighted by atomic mass is 16.1. The first kappa shape index (κ1) is 15.1. The monoisotopic (exact) mass is 282 g/mol. The molecule has 2 atom stereocenters. The van der Waals surface area contributed by atoms with Crippen molar-refractivity contribution in [3.05, 3.63) is 60.2 Å². The van der Waals surface area contributed by atoms with E-state index in [4.69, 9.17) is 5.73 Å². The number of carbonyl (C=O) groups excluding carboxylic acids is 1. The molecule has 3 N–H and O–H groups in total. The van der Waals surface area contributed by atoms with Crippen LogP contribution < -0.4 is 11.1 Å². The van der Waals surface area contributed by atoms with Crippen molar-refractivity contribution in [2.45, 2.75) is 26.2 Å². The van der Waals surface area contributed by atoms with E-state index in [9.17, 15) is 4.79 Å². The number of benzene rings is 2. The second-order valence-corrected chi connectivity index (χ2v) is 5.39. The van der Waals surface area contributed by atoms with Crippen LogP contribution in [0.25, 0.3) is 0 Å². The standard InChI is InChI=1S/C18H22N2O/c1-3-13(2)17(14-7-5-4-6-8-14)18(21)20-16-11-9-15(19)10-12-16/h4-13,17H,3,19H2,1-2H3,(H,20,21). The number of rotatable bonds is 5. The van der Waals surface area contributed by atoms with Crippen LogP contribution in [0.3, 0.4) is 0 Å². The van der Waals surface area contributed by atoms with Gasteiger partial charge in [0.05, 0.1) is 5.92 Å². The predicted octanol–water partition coefficient (Wildman–Crippen LogP) is 4.04. The molecule has 2 rings (SSSR count). The molecule has 21 heavy (non-hydrogen) atoms. The third kappa shape index (κ3) is 3.85. The second-order valence-electron chi connectivity index (χ2n) is 5.39. The van der Waals surface area contributed by atoms with E-state index in [2.05, 4.69) is 19.2 Å². The number of nitrogens with two attached hydrogens (primary N) is 1. The Balaban J connectivity index is 2.20. The van der Waals surface area contributed by atoms with Gasteiger partial charge in [0.25, 0.3) is 0 Å². The number of amides is 1. The van der Waals surface area contributed by atoms with Crippen LogP contribution in [0, 0.1) is 5.92 Å². The molecule has 3 heteroatoms. The third-order valence-corrected chi connectivity index (χ3v) is 3.83. The summed E-state index contributed by atoms with van der Waals surface area (Å²) in [7, 11) is 0. The van der Waals surface area contributed by atoms with Crippen LogP contribution in [-0.2, 0) is 4.79 Å². The molecule has 0 aliphatic carbocycles. The van der Waals surface area contributed by atoms with E-state index >= 15 is 0 Å². The van der Waals surface area contributed by atoms with Crippen molar-refractivity contribution >= 4 is 17.3 Å². The number of hydrogen-bond acceptors (Lipinski definition) is 2. The minimum Gasteiger partial charge on any atom is -0.399 e. The van der Waals surface area contributed by atoms with Crippen molar-refractivity contribution in [2.75, 3.05) is 11.1 Å². The van der Waals surface area contributed by atoms with E-state index in [0.717, 1.165) is 17.7 Å². The SMILES string of the molecule is CCC(C)C(C(=O)Nc1ccc(N)cc1)c1ccccc1. The van der Waals surface area contributed by atoms with Gasteiger partial charge in [-0.1, -0.05) is 50.6 Å². The molecule has 2 aromatic carbocycles. The highest BCUT2D eigenvalue weighted by molar-refractivity contribution is 5.96. The molecule has 0 aliphatic rings. The molecule has 0 aromatic heterocycles. The summed E-state index contributed by atoms with van der Waals surface area (Å²) in [6.45, 7) is 4.22. The lowest BCUT2D eigenvalue weighted by atomic mass is 9.85. The number of carbonyl (C=O) groups is 1. The van der Waals surface area contributed by atoms with E-state index in [0.29, 0.717) is 5.69 Å². The van der Waals surface area contributed by atoms with Gasteiger partial charge in [-0.25, -0.2) is 0 Å². The van der Waals surface area contributed by atoms with Crippen molar-refractivity contribution in [3.8, 4) is 0 Å². The van der Waals surface area contributed by atoms with Gasteiger partial charge < -0.3 is 11.1 Å². The average molecular weight is 282 g/mol. The van der Waals surface area contributed by atoms with Crippen LogP contribution in [0.5, 0.6) is 0 Å². The largest absolute Gasteiger partial charge is 0.399 e. The Bertz CT molecular complexity index is 578. The Morgan fingerprint density at radius 1 is 1.10 bits per heavy atom. The molecule has 110 valence electrons. The van der Waals surface area contributed by atoms with Gasteiger partial charge in [0.1, 0.15) is 0 Å². The summed E-state index contributed by atoms with van der Waals surface area (Å²) in [6, 6.07) is 17.2. The normalized spacial score (nSPS) is 13.4. The summed E-state index contributed by atoms with van der Waals surface area (Å²) in [5.41, 5.74) is 8.19. The van der Waals surface area contributed by atoms with Gasteiger partial charge in [0.2, 0.25) is 5.91 Å². The number of hydrogen-bond donors (Lipinski definition) is 2. The molecule has 2 aromatic rings. The zero-order valence-corrected chi connectivity index (χ0v) is 12.5. The molecule has 0 heterocycles. The van der Waals surface area contributed by atoms with E-state index in [-0.39, 0.29) is 17.7 Å². The van der Waals surface area contributed by atoms with E-state index in [1.807, 2.05) is 42.5 Å². The molecule has 0 fully saturated rings. The molecule has 0 saturated carbocycles. The summed E-state index contributed by atoms with van der Waals surface area (Å²) >= 11 is 0. The molecule has 0 saturated heterocycles. The average Bonchev–Trinajstić information content (AvgIpc) is 2.50. The Hall–Kier alpha value is -2.29. The zero-order chi connectivity index (χ0) is 15.2. The second kappa shape index (κ2) is 6.93. The minimum atomic E-state index is -0.145. The number of nitrogen functional groups attached to an aromatic ring is 1. The van der Waals surface area contributed by atoms with Crippen molar-refractivity contribution < 1.29 is 4.79 Å². The van der Waals surface area contributed by atoms with Crippen LogP contribution in [0.4, 0.5) is 11.4 Å². The maximum absolute atomic E-state index is 12.7. The van der Waals surface area contributed by atoms with E-state index in [1.54, 1.807) is 12.1 Å². The Kier molecular flexibility index (Phi) is 4.99.